The Labute approximate surface area is 217 Å². The van der Waals surface area contributed by atoms with E-state index in [-0.39, 0.29) is 44.1 Å². The number of carbonyl (C=O) groups excluding carboxylic acids is 2. The average molecular weight is 544 g/mol. The van der Waals surface area contributed by atoms with Crippen LogP contribution in [0.15, 0.2) is 48.5 Å². The second-order valence-electron chi connectivity index (χ2n) is 8.61. The van der Waals surface area contributed by atoms with Gasteiger partial charge in [0.25, 0.3) is 0 Å². The largest absolute Gasteiger partial charge is 0.416 e. The molecule has 0 spiro atoms. The lowest BCUT2D eigenvalue weighted by Gasteiger charge is -2.40. The molecule has 2 aromatic rings. The first-order chi connectivity index (χ1) is 16.9. The number of hydrogen-bond acceptors (Lipinski definition) is 3. The van der Waals surface area contributed by atoms with Crippen molar-refractivity contribution in [3.63, 3.8) is 0 Å². The fourth-order valence-corrected chi connectivity index (χ4v) is 4.43. The summed E-state index contributed by atoms with van der Waals surface area (Å²) in [5, 5.41) is 14.6. The van der Waals surface area contributed by atoms with Gasteiger partial charge in [-0.3, -0.25) is 4.79 Å². The predicted molar refractivity (Wildman–Crippen MR) is 134 cm³/mol. The first-order valence-corrected chi connectivity index (χ1v) is 12.0. The van der Waals surface area contributed by atoms with E-state index < -0.39 is 23.2 Å². The molecule has 0 aromatic heterocycles. The van der Waals surface area contributed by atoms with Gasteiger partial charge in [0, 0.05) is 48.0 Å². The number of hydrogen-bond donors (Lipinski definition) is 2. The molecule has 1 aliphatic rings. The Bertz CT molecular complexity index is 1110. The second-order valence-corrected chi connectivity index (χ2v) is 9.48. The van der Waals surface area contributed by atoms with Gasteiger partial charge in [-0.2, -0.15) is 13.2 Å². The van der Waals surface area contributed by atoms with E-state index in [1.165, 1.54) is 29.2 Å². The van der Waals surface area contributed by atoms with Gasteiger partial charge in [-0.25, -0.2) is 4.79 Å². The molecule has 0 aliphatic carbocycles. The van der Waals surface area contributed by atoms with Crippen molar-refractivity contribution >= 4 is 46.9 Å². The molecule has 0 radical (unpaired) electrons. The normalized spacial score (nSPS) is 15.7. The number of likely N-dealkylation sites (tertiary alicyclic amines) is 1. The topological polar surface area (TPSA) is 72.9 Å². The number of nitrogens with zero attached hydrogens (tertiary/aromatic N) is 2. The van der Waals surface area contributed by atoms with Crippen LogP contribution in [-0.4, -0.2) is 58.6 Å². The first-order valence-electron chi connectivity index (χ1n) is 11.3. The van der Waals surface area contributed by atoms with Crippen LogP contribution < -0.4 is 5.32 Å². The average Bonchev–Trinajstić information content (AvgIpc) is 2.80. The van der Waals surface area contributed by atoms with Crippen LogP contribution in [0.4, 0.5) is 23.7 Å². The highest BCUT2D eigenvalue weighted by Gasteiger charge is 2.36. The van der Waals surface area contributed by atoms with E-state index in [9.17, 15) is 27.9 Å². The zero-order valence-corrected chi connectivity index (χ0v) is 21.0. The maximum Gasteiger partial charge on any atom is 0.416 e. The predicted octanol–water partition coefficient (Wildman–Crippen LogP) is 5.93. The monoisotopic (exact) mass is 543 g/mol. The van der Waals surface area contributed by atoms with Gasteiger partial charge in [0.2, 0.25) is 5.91 Å². The third-order valence-corrected chi connectivity index (χ3v) is 6.34. The van der Waals surface area contributed by atoms with E-state index in [1.54, 1.807) is 30.0 Å². The van der Waals surface area contributed by atoms with Crippen LogP contribution in [0.1, 0.15) is 30.9 Å². The van der Waals surface area contributed by atoms with Crippen LogP contribution in [0, 0.1) is 0 Å². The number of anilines is 1. The van der Waals surface area contributed by atoms with Crippen LogP contribution in [0.5, 0.6) is 0 Å². The van der Waals surface area contributed by atoms with Crippen molar-refractivity contribution in [2.45, 2.75) is 31.5 Å². The molecule has 1 saturated heterocycles. The number of alkyl halides is 3. The Balaban J connectivity index is 1.57. The van der Waals surface area contributed by atoms with Crippen molar-refractivity contribution in [3.8, 4) is 0 Å². The highest BCUT2D eigenvalue weighted by molar-refractivity contribution is 6.35. The Morgan fingerprint density at radius 3 is 2.36 bits per heavy atom. The number of nitrogens with one attached hydrogen (secondary N) is 1. The van der Waals surface area contributed by atoms with Crippen LogP contribution >= 0.6 is 23.2 Å². The molecule has 0 unspecified atom stereocenters. The fraction of sp³-hybridized carbons (Fsp3) is 0.360. The third kappa shape index (κ3) is 7.62. The minimum absolute atomic E-state index is 0.0363. The van der Waals surface area contributed by atoms with Gasteiger partial charge in [-0.05, 0) is 61.7 Å². The Morgan fingerprint density at radius 2 is 1.78 bits per heavy atom. The van der Waals surface area contributed by atoms with E-state index in [1.807, 2.05) is 0 Å². The summed E-state index contributed by atoms with van der Waals surface area (Å²) in [6.07, 6.45) is -1.46. The molecule has 0 bridgehead atoms. The molecule has 2 N–H and O–H groups in total. The molecular formula is C25H26Cl2F3N3O3. The molecule has 3 amide bonds. The van der Waals surface area contributed by atoms with Crippen LogP contribution in [0.2, 0.25) is 10.0 Å². The molecule has 194 valence electrons. The zero-order valence-electron chi connectivity index (χ0n) is 19.5. The van der Waals surface area contributed by atoms with Crippen molar-refractivity contribution in [2.24, 2.45) is 0 Å². The number of aliphatic hydroxyl groups is 1. The molecule has 1 fully saturated rings. The summed E-state index contributed by atoms with van der Waals surface area (Å²) in [5.41, 5.74) is -1.30. The van der Waals surface area contributed by atoms with Crippen molar-refractivity contribution in [1.29, 1.82) is 0 Å². The molecule has 0 atom stereocenters. The summed E-state index contributed by atoms with van der Waals surface area (Å²) in [6.45, 7) is 2.62. The third-order valence-electron chi connectivity index (χ3n) is 5.91. The van der Waals surface area contributed by atoms with Crippen molar-refractivity contribution in [3.05, 3.63) is 69.7 Å². The minimum atomic E-state index is -4.47. The first kappa shape index (κ1) is 27.8. The molecule has 1 heterocycles. The Hall–Kier alpha value is -2.75. The number of halogens is 5. The summed E-state index contributed by atoms with van der Waals surface area (Å²) in [5.74, 6) is -0.429. The molecule has 6 nitrogen and oxygen atoms in total. The van der Waals surface area contributed by atoms with E-state index >= 15 is 0 Å². The molecule has 2 aromatic carbocycles. The number of likely N-dealkylation sites (N-methyl/N-ethyl adjacent to an activating group) is 1. The fourth-order valence-electron chi connectivity index (χ4n) is 3.91. The molecule has 36 heavy (non-hydrogen) atoms. The lowest BCUT2D eigenvalue weighted by Crippen LogP contribution is -2.53. The lowest BCUT2D eigenvalue weighted by atomic mass is 9.90. The maximum atomic E-state index is 12.9. The van der Waals surface area contributed by atoms with E-state index in [2.05, 4.69) is 5.32 Å². The quantitative estimate of drug-likeness (QED) is 0.443. The van der Waals surface area contributed by atoms with E-state index in [0.29, 0.717) is 22.3 Å². The highest BCUT2D eigenvalue weighted by Crippen LogP contribution is 2.30. The number of rotatable bonds is 6. The summed E-state index contributed by atoms with van der Waals surface area (Å²) >= 11 is 11.9. The van der Waals surface area contributed by atoms with Gasteiger partial charge in [0.1, 0.15) is 0 Å². The summed E-state index contributed by atoms with van der Waals surface area (Å²) in [7, 11) is 0. The van der Waals surface area contributed by atoms with Gasteiger partial charge in [0.05, 0.1) is 11.2 Å². The maximum absolute atomic E-state index is 12.9. The Morgan fingerprint density at radius 1 is 1.14 bits per heavy atom. The number of amides is 3. The Kier molecular flexibility index (Phi) is 8.92. The van der Waals surface area contributed by atoms with Gasteiger partial charge < -0.3 is 20.2 Å². The van der Waals surface area contributed by atoms with Crippen LogP contribution in [0.25, 0.3) is 6.08 Å². The lowest BCUT2D eigenvalue weighted by molar-refractivity contribution is -0.137. The molecule has 1 aliphatic heterocycles. The van der Waals surface area contributed by atoms with Crippen molar-refractivity contribution < 1.29 is 27.9 Å². The van der Waals surface area contributed by atoms with Crippen LogP contribution in [0.3, 0.4) is 0 Å². The smallest absolute Gasteiger partial charge is 0.388 e. The SMILES string of the molecule is CCN(CC1(O)CCN(C(=O)Nc2cc(Cl)cc(Cl)c2)CC1)C(=O)C=Cc1cccc(C(F)(F)F)c1. The van der Waals surface area contributed by atoms with E-state index in [0.717, 1.165) is 12.1 Å². The molecule has 11 heteroatoms. The number of benzene rings is 2. The second kappa shape index (κ2) is 11.5. The number of urea groups is 1. The summed E-state index contributed by atoms with van der Waals surface area (Å²) in [4.78, 5) is 28.3. The molecule has 0 saturated carbocycles. The molecule has 3 rings (SSSR count). The van der Waals surface area contributed by atoms with Gasteiger partial charge in [-0.15, -0.1) is 0 Å². The summed E-state index contributed by atoms with van der Waals surface area (Å²) < 4.78 is 38.7. The van der Waals surface area contributed by atoms with Gasteiger partial charge in [0.15, 0.2) is 0 Å². The van der Waals surface area contributed by atoms with E-state index in [4.69, 9.17) is 23.2 Å². The summed E-state index contributed by atoms with van der Waals surface area (Å²) in [6, 6.07) is 9.01. The zero-order chi connectivity index (χ0) is 26.5. The molecular weight excluding hydrogens is 518 g/mol. The standard InChI is InChI=1S/C25H26Cl2F3N3O3/c1-2-32(22(34)7-6-17-4-3-5-18(12-17)25(28,29)30)16-24(36)8-10-33(11-9-24)23(35)31-21-14-19(26)13-20(27)15-21/h3-7,12-15,36H,2,8-11,16H2,1H3,(H,31,35). The van der Waals surface area contributed by atoms with Gasteiger partial charge >= 0.3 is 12.2 Å². The number of carbonyl (C=O) groups is 2. The minimum Gasteiger partial charge on any atom is -0.388 e. The highest BCUT2D eigenvalue weighted by atomic mass is 35.5. The van der Waals surface area contributed by atoms with Crippen molar-refractivity contribution in [1.82, 2.24) is 9.80 Å². The number of piperidine rings is 1. The van der Waals surface area contributed by atoms with Crippen LogP contribution in [-0.2, 0) is 11.0 Å². The van der Waals surface area contributed by atoms with Crippen molar-refractivity contribution in [2.75, 3.05) is 31.5 Å². The van der Waals surface area contributed by atoms with Gasteiger partial charge in [-0.1, -0.05) is 35.3 Å².